The average Bonchev–Trinajstić information content (AvgIpc) is 3.12. The molecule has 2 aromatic heterocycles. The maximum Gasteiger partial charge on any atom is 0.255 e. The normalized spacial score (nSPS) is 15.6. The number of hydrogen-bond donors (Lipinski definition) is 2. The monoisotopic (exact) mass is 395 g/mol. The third-order valence-electron chi connectivity index (χ3n) is 5.38. The van der Waals surface area contributed by atoms with Crippen LogP contribution in [-0.2, 0) is 4.79 Å². The zero-order chi connectivity index (χ0) is 20.7. The van der Waals surface area contributed by atoms with Gasteiger partial charge in [0.05, 0.1) is 22.6 Å². The van der Waals surface area contributed by atoms with Crippen LogP contribution in [-0.4, -0.2) is 20.4 Å². The molecule has 4 aromatic rings. The van der Waals surface area contributed by atoms with Gasteiger partial charge in [0.1, 0.15) is 0 Å². The van der Waals surface area contributed by atoms with E-state index in [1.54, 1.807) is 12.4 Å². The fourth-order valence-electron chi connectivity index (χ4n) is 3.95. The number of hydrogen-bond acceptors (Lipinski definition) is 4. The lowest BCUT2D eigenvalue weighted by Gasteiger charge is -2.30. The van der Waals surface area contributed by atoms with E-state index in [-0.39, 0.29) is 11.9 Å². The molecule has 0 spiro atoms. The second-order valence-corrected chi connectivity index (χ2v) is 7.47. The molecule has 0 fully saturated rings. The maximum atomic E-state index is 13.5. The summed E-state index contributed by atoms with van der Waals surface area (Å²) >= 11 is 0. The Labute approximate surface area is 174 Å². The van der Waals surface area contributed by atoms with Crippen LogP contribution >= 0.6 is 0 Å². The van der Waals surface area contributed by atoms with Crippen molar-refractivity contribution in [3.63, 3.8) is 0 Å². The van der Waals surface area contributed by atoms with Gasteiger partial charge in [-0.15, -0.1) is 0 Å². The zero-order valence-electron chi connectivity index (χ0n) is 16.8. The number of pyridine rings is 1. The summed E-state index contributed by atoms with van der Waals surface area (Å²) in [6, 6.07) is 19.3. The van der Waals surface area contributed by atoms with Gasteiger partial charge in [-0.05, 0) is 49.7 Å². The number of aromatic nitrogens is 3. The number of nitrogens with one attached hydrogen (secondary N) is 2. The van der Waals surface area contributed by atoms with Crippen molar-refractivity contribution in [3.05, 3.63) is 95.5 Å². The van der Waals surface area contributed by atoms with Crippen LogP contribution in [0.25, 0.3) is 11.0 Å². The fourth-order valence-corrected chi connectivity index (χ4v) is 3.95. The van der Waals surface area contributed by atoms with E-state index in [0.717, 1.165) is 39.5 Å². The first-order valence-corrected chi connectivity index (χ1v) is 9.84. The summed E-state index contributed by atoms with van der Waals surface area (Å²) in [6.07, 6.45) is 3.54. The first-order chi connectivity index (χ1) is 14.6. The van der Waals surface area contributed by atoms with Gasteiger partial charge < -0.3 is 10.6 Å². The minimum atomic E-state index is -0.340. The van der Waals surface area contributed by atoms with Gasteiger partial charge in [0.2, 0.25) is 5.95 Å². The number of carbonyl (C=O) groups is 1. The Morgan fingerprint density at radius 3 is 2.60 bits per heavy atom. The summed E-state index contributed by atoms with van der Waals surface area (Å²) in [5, 5.41) is 6.37. The van der Waals surface area contributed by atoms with Crippen LogP contribution in [0.2, 0.25) is 0 Å². The molecule has 0 aliphatic carbocycles. The Morgan fingerprint density at radius 1 is 1.03 bits per heavy atom. The summed E-state index contributed by atoms with van der Waals surface area (Å²) in [4.78, 5) is 22.5. The number of allylic oxidation sites excluding steroid dienone is 1. The third-order valence-corrected chi connectivity index (χ3v) is 5.38. The molecule has 1 amide bonds. The van der Waals surface area contributed by atoms with Crippen LogP contribution in [0.15, 0.2) is 84.3 Å². The van der Waals surface area contributed by atoms with Crippen molar-refractivity contribution >= 4 is 28.6 Å². The van der Waals surface area contributed by atoms with E-state index in [4.69, 9.17) is 4.98 Å². The lowest BCUT2D eigenvalue weighted by atomic mass is 9.95. The van der Waals surface area contributed by atoms with Crippen molar-refractivity contribution in [2.45, 2.75) is 19.9 Å². The molecule has 1 aliphatic heterocycles. The quantitative estimate of drug-likeness (QED) is 0.529. The molecule has 1 atom stereocenters. The van der Waals surface area contributed by atoms with Gasteiger partial charge in [-0.2, -0.15) is 0 Å². The van der Waals surface area contributed by atoms with E-state index < -0.39 is 0 Å². The van der Waals surface area contributed by atoms with Crippen molar-refractivity contribution in [1.82, 2.24) is 14.5 Å². The highest BCUT2D eigenvalue weighted by Gasteiger charge is 2.34. The Morgan fingerprint density at radius 2 is 1.83 bits per heavy atom. The van der Waals surface area contributed by atoms with E-state index >= 15 is 0 Å². The molecule has 30 heavy (non-hydrogen) atoms. The number of amides is 1. The Kier molecular flexibility index (Phi) is 4.32. The molecule has 2 N–H and O–H groups in total. The number of rotatable bonds is 3. The SMILES string of the molecule is CC1=C(C(=O)Nc2ccc(C)cc2)[C@@H](c2cccnc2)n2c(nc3ccccc32)N1. The number of carbonyl (C=O) groups excluding carboxylic acids is 1. The van der Waals surface area contributed by atoms with Crippen molar-refractivity contribution in [3.8, 4) is 0 Å². The summed E-state index contributed by atoms with van der Waals surface area (Å²) in [7, 11) is 0. The Bertz CT molecular complexity index is 1270. The van der Waals surface area contributed by atoms with Gasteiger partial charge in [-0.25, -0.2) is 4.98 Å². The average molecular weight is 395 g/mol. The summed E-state index contributed by atoms with van der Waals surface area (Å²) in [5.74, 6) is 0.565. The van der Waals surface area contributed by atoms with Gasteiger partial charge in [0.15, 0.2) is 0 Å². The fraction of sp³-hybridized carbons (Fsp3) is 0.125. The summed E-state index contributed by atoms with van der Waals surface area (Å²) in [5.41, 5.74) is 6.08. The van der Waals surface area contributed by atoms with Crippen LogP contribution < -0.4 is 10.6 Å². The van der Waals surface area contributed by atoms with Crippen LogP contribution in [0.3, 0.4) is 0 Å². The van der Waals surface area contributed by atoms with E-state index in [0.29, 0.717) is 5.57 Å². The van der Waals surface area contributed by atoms with Gasteiger partial charge in [0, 0.05) is 23.8 Å². The molecule has 1 aliphatic rings. The molecular formula is C24H21N5O. The van der Waals surface area contributed by atoms with Crippen molar-refractivity contribution in [2.24, 2.45) is 0 Å². The smallest absolute Gasteiger partial charge is 0.255 e. The number of anilines is 2. The second kappa shape index (κ2) is 7.15. The highest BCUT2D eigenvalue weighted by molar-refractivity contribution is 6.06. The number of aryl methyl sites for hydroxylation is 1. The predicted molar refractivity (Wildman–Crippen MR) is 118 cm³/mol. The number of nitrogens with zero attached hydrogens (tertiary/aromatic N) is 3. The summed E-state index contributed by atoms with van der Waals surface area (Å²) in [6.45, 7) is 3.93. The van der Waals surface area contributed by atoms with Crippen molar-refractivity contribution < 1.29 is 4.79 Å². The van der Waals surface area contributed by atoms with Crippen molar-refractivity contribution in [1.29, 1.82) is 0 Å². The van der Waals surface area contributed by atoms with Crippen LogP contribution in [0, 0.1) is 6.92 Å². The lowest BCUT2D eigenvalue weighted by Crippen LogP contribution is -2.31. The number of benzene rings is 2. The second-order valence-electron chi connectivity index (χ2n) is 7.47. The van der Waals surface area contributed by atoms with Gasteiger partial charge >= 0.3 is 0 Å². The molecule has 0 unspecified atom stereocenters. The molecule has 6 nitrogen and oxygen atoms in total. The first-order valence-electron chi connectivity index (χ1n) is 9.84. The lowest BCUT2D eigenvalue weighted by molar-refractivity contribution is -0.113. The highest BCUT2D eigenvalue weighted by Crippen LogP contribution is 2.39. The van der Waals surface area contributed by atoms with Crippen LogP contribution in [0.1, 0.15) is 24.1 Å². The van der Waals surface area contributed by atoms with Gasteiger partial charge in [-0.1, -0.05) is 35.9 Å². The van der Waals surface area contributed by atoms with E-state index in [9.17, 15) is 4.79 Å². The van der Waals surface area contributed by atoms with E-state index in [1.165, 1.54) is 0 Å². The first kappa shape index (κ1) is 18.1. The third kappa shape index (κ3) is 3.03. The topological polar surface area (TPSA) is 71.8 Å². The molecular weight excluding hydrogens is 374 g/mol. The van der Waals surface area contributed by atoms with Gasteiger partial charge in [-0.3, -0.25) is 14.3 Å². The van der Waals surface area contributed by atoms with E-state index in [2.05, 4.69) is 20.2 Å². The molecule has 148 valence electrons. The number of imidazole rings is 1. The molecule has 6 heteroatoms. The molecule has 0 bridgehead atoms. The maximum absolute atomic E-state index is 13.5. The minimum absolute atomic E-state index is 0.152. The van der Waals surface area contributed by atoms with Crippen LogP contribution in [0.5, 0.6) is 0 Å². The number of fused-ring (bicyclic) bond motifs is 3. The molecule has 5 rings (SSSR count). The summed E-state index contributed by atoms with van der Waals surface area (Å²) < 4.78 is 2.07. The Hall–Kier alpha value is -3.93. The highest BCUT2D eigenvalue weighted by atomic mass is 16.1. The van der Waals surface area contributed by atoms with Gasteiger partial charge in [0.25, 0.3) is 5.91 Å². The zero-order valence-corrected chi connectivity index (χ0v) is 16.8. The Balaban J connectivity index is 1.65. The standard InChI is InChI=1S/C24H21N5O/c1-15-9-11-18(12-10-15)27-23(30)21-16(2)26-24-28-19-7-3-4-8-20(19)29(24)22(21)17-6-5-13-25-14-17/h3-14,22H,1-2H3,(H,26,28)(H,27,30)/t22-/m1/s1. The molecule has 3 heterocycles. The van der Waals surface area contributed by atoms with Crippen molar-refractivity contribution in [2.75, 3.05) is 10.6 Å². The molecule has 2 aromatic carbocycles. The van der Waals surface area contributed by atoms with Crippen LogP contribution in [0.4, 0.5) is 11.6 Å². The molecule has 0 saturated carbocycles. The number of para-hydroxylation sites is 2. The molecule has 0 saturated heterocycles. The minimum Gasteiger partial charge on any atom is -0.329 e. The largest absolute Gasteiger partial charge is 0.329 e. The predicted octanol–water partition coefficient (Wildman–Crippen LogP) is 4.67. The van der Waals surface area contributed by atoms with E-state index in [1.807, 2.05) is 74.5 Å². The molecule has 0 radical (unpaired) electrons.